The van der Waals surface area contributed by atoms with Crippen LogP contribution in [-0.4, -0.2) is 85.6 Å². The first-order valence-corrected chi connectivity index (χ1v) is 11.2. The molecule has 14 nitrogen and oxygen atoms in total. The minimum Gasteiger partial charge on any atom is -0.477 e. The number of rotatable bonds is 9. The van der Waals surface area contributed by atoms with E-state index in [1.54, 1.807) is 20.8 Å². The Morgan fingerprint density at radius 3 is 2.00 bits per heavy atom. The second kappa shape index (κ2) is 13.5. The number of alkyl carbamates (subject to hydrolysis) is 1. The summed E-state index contributed by atoms with van der Waals surface area (Å²) >= 11 is 0. The van der Waals surface area contributed by atoms with Crippen molar-refractivity contribution in [1.29, 1.82) is 0 Å². The summed E-state index contributed by atoms with van der Waals surface area (Å²) < 4.78 is 31.4. The SMILES string of the molecule is COC(=O)C1=C[C@H](NC(=O)OC(C)(C)C)[C@@H](NC(C)=O)[C@H]([C@H](OC(C)=O)[C@@H](COC(C)=O)OC(C)=O)O1. The number of carbonyl (C=O) groups excluding carboxylic acids is 6. The molecule has 1 aliphatic rings. The van der Waals surface area contributed by atoms with Crippen LogP contribution < -0.4 is 10.6 Å². The van der Waals surface area contributed by atoms with Crippen molar-refractivity contribution in [2.24, 2.45) is 0 Å². The third kappa shape index (κ3) is 10.8. The van der Waals surface area contributed by atoms with E-state index >= 15 is 0 Å². The van der Waals surface area contributed by atoms with Crippen LogP contribution in [-0.2, 0) is 52.4 Å². The molecule has 0 aromatic carbocycles. The lowest BCUT2D eigenvalue weighted by atomic mass is 9.91. The number of methoxy groups -OCH3 is 1. The Hall–Kier alpha value is -3.84. The van der Waals surface area contributed by atoms with Crippen molar-refractivity contribution in [2.75, 3.05) is 13.7 Å². The average molecular weight is 531 g/mol. The van der Waals surface area contributed by atoms with Gasteiger partial charge >= 0.3 is 30.0 Å². The molecule has 0 aromatic rings. The first kappa shape index (κ1) is 31.2. The topological polar surface area (TPSA) is 182 Å². The normalized spacial score (nSPS) is 20.5. The standard InChI is InChI=1S/C23H34N2O12/c1-11(26)24-18-15(25-22(31)37-23(5,6)7)9-16(21(30)32-8)36-20(18)19(35-14(4)29)17(34-13(3)28)10-33-12(2)27/h9,15,17-20H,10H2,1-8H3,(H,24,26)(H,25,31)/t15-,17+,18+,19+,20+/m0/s1. The molecule has 0 aromatic heterocycles. The predicted molar refractivity (Wildman–Crippen MR) is 123 cm³/mol. The molecule has 208 valence electrons. The number of nitrogens with one attached hydrogen (secondary N) is 2. The van der Waals surface area contributed by atoms with Crippen molar-refractivity contribution >= 4 is 35.9 Å². The van der Waals surface area contributed by atoms with E-state index in [0.717, 1.165) is 27.9 Å². The molecule has 1 rings (SSSR count). The lowest BCUT2D eigenvalue weighted by molar-refractivity contribution is -0.188. The molecule has 0 spiro atoms. The second-order valence-electron chi connectivity index (χ2n) is 9.03. The Morgan fingerprint density at radius 2 is 1.54 bits per heavy atom. The first-order chi connectivity index (χ1) is 17.0. The van der Waals surface area contributed by atoms with Crippen LogP contribution in [0.25, 0.3) is 0 Å². The Labute approximate surface area is 214 Å². The van der Waals surface area contributed by atoms with Crippen molar-refractivity contribution in [2.45, 2.75) is 84.5 Å². The summed E-state index contributed by atoms with van der Waals surface area (Å²) in [5.74, 6) is -4.31. The number of esters is 4. The minimum absolute atomic E-state index is 0.402. The summed E-state index contributed by atoms with van der Waals surface area (Å²) in [6.45, 7) is 8.78. The fraction of sp³-hybridized carbons (Fsp3) is 0.652. The number of ether oxygens (including phenoxy) is 6. The zero-order chi connectivity index (χ0) is 28.5. The van der Waals surface area contributed by atoms with Crippen LogP contribution in [0.5, 0.6) is 0 Å². The number of hydrogen-bond donors (Lipinski definition) is 2. The summed E-state index contributed by atoms with van der Waals surface area (Å²) in [6.07, 6.45) is -4.12. The fourth-order valence-corrected chi connectivity index (χ4v) is 3.35. The highest BCUT2D eigenvalue weighted by Crippen LogP contribution is 2.27. The van der Waals surface area contributed by atoms with Gasteiger partial charge in [-0.3, -0.25) is 19.2 Å². The van der Waals surface area contributed by atoms with Crippen LogP contribution >= 0.6 is 0 Å². The van der Waals surface area contributed by atoms with Gasteiger partial charge in [0.15, 0.2) is 18.3 Å². The van der Waals surface area contributed by atoms with Crippen LogP contribution in [0, 0.1) is 0 Å². The molecule has 2 N–H and O–H groups in total. The van der Waals surface area contributed by atoms with E-state index < -0.39 is 84.2 Å². The molecule has 0 unspecified atom stereocenters. The summed E-state index contributed by atoms with van der Waals surface area (Å²) in [7, 11) is 1.09. The minimum atomic E-state index is -1.53. The number of amides is 2. The van der Waals surface area contributed by atoms with E-state index in [0.29, 0.717) is 0 Å². The van der Waals surface area contributed by atoms with Crippen LogP contribution in [0.15, 0.2) is 11.8 Å². The van der Waals surface area contributed by atoms with Gasteiger partial charge in [0.2, 0.25) is 11.7 Å². The van der Waals surface area contributed by atoms with Gasteiger partial charge in [-0.2, -0.15) is 0 Å². The van der Waals surface area contributed by atoms with E-state index in [-0.39, 0.29) is 0 Å². The van der Waals surface area contributed by atoms with Crippen molar-refractivity contribution in [3.05, 3.63) is 11.8 Å². The zero-order valence-corrected chi connectivity index (χ0v) is 22.1. The van der Waals surface area contributed by atoms with Crippen molar-refractivity contribution in [1.82, 2.24) is 10.6 Å². The molecular weight excluding hydrogens is 496 g/mol. The molecule has 5 atom stereocenters. The average Bonchev–Trinajstić information content (AvgIpc) is 2.73. The van der Waals surface area contributed by atoms with Gasteiger partial charge in [-0.15, -0.1) is 0 Å². The Kier molecular flexibility index (Phi) is 11.3. The maximum atomic E-state index is 12.6. The molecule has 0 bridgehead atoms. The molecule has 0 saturated heterocycles. The molecule has 1 aliphatic heterocycles. The lowest BCUT2D eigenvalue weighted by Gasteiger charge is -2.41. The highest BCUT2D eigenvalue weighted by atomic mass is 16.6. The molecule has 2 amide bonds. The number of carbonyl (C=O) groups is 6. The van der Waals surface area contributed by atoms with E-state index in [9.17, 15) is 28.8 Å². The molecule has 1 heterocycles. The van der Waals surface area contributed by atoms with Gasteiger partial charge in [0.25, 0.3) is 0 Å². The molecule has 0 aliphatic carbocycles. The second-order valence-corrected chi connectivity index (χ2v) is 9.03. The Balaban J connectivity index is 3.63. The summed E-state index contributed by atoms with van der Waals surface area (Å²) in [4.78, 5) is 72.4. The Bertz CT molecular complexity index is 923. The van der Waals surface area contributed by atoms with Gasteiger partial charge in [0.05, 0.1) is 19.2 Å². The smallest absolute Gasteiger partial charge is 0.408 e. The fourth-order valence-electron chi connectivity index (χ4n) is 3.35. The van der Waals surface area contributed by atoms with Crippen LogP contribution in [0.3, 0.4) is 0 Å². The van der Waals surface area contributed by atoms with E-state index in [1.165, 1.54) is 13.0 Å². The quantitative estimate of drug-likeness (QED) is 0.307. The third-order valence-corrected chi connectivity index (χ3v) is 4.54. The monoisotopic (exact) mass is 530 g/mol. The summed E-state index contributed by atoms with van der Waals surface area (Å²) in [5.41, 5.74) is -0.877. The molecule has 0 saturated carbocycles. The Morgan fingerprint density at radius 1 is 0.946 bits per heavy atom. The predicted octanol–water partition coefficient (Wildman–Crippen LogP) is 0.267. The van der Waals surface area contributed by atoms with Crippen LogP contribution in [0.2, 0.25) is 0 Å². The van der Waals surface area contributed by atoms with Crippen molar-refractivity contribution < 1.29 is 57.2 Å². The maximum absolute atomic E-state index is 12.6. The zero-order valence-electron chi connectivity index (χ0n) is 22.1. The van der Waals surface area contributed by atoms with Gasteiger partial charge in [-0.05, 0) is 26.8 Å². The van der Waals surface area contributed by atoms with Crippen molar-refractivity contribution in [3.8, 4) is 0 Å². The molecular formula is C23H34N2O12. The van der Waals surface area contributed by atoms with Gasteiger partial charge in [0.1, 0.15) is 12.2 Å². The summed E-state index contributed by atoms with van der Waals surface area (Å²) in [5, 5.41) is 5.12. The third-order valence-electron chi connectivity index (χ3n) is 4.54. The van der Waals surface area contributed by atoms with E-state index in [1.807, 2.05) is 0 Å². The van der Waals surface area contributed by atoms with Crippen molar-refractivity contribution in [3.63, 3.8) is 0 Å². The van der Waals surface area contributed by atoms with Crippen LogP contribution in [0.4, 0.5) is 4.79 Å². The number of hydrogen-bond acceptors (Lipinski definition) is 12. The first-order valence-electron chi connectivity index (χ1n) is 11.2. The lowest BCUT2D eigenvalue weighted by Crippen LogP contribution is -2.64. The molecule has 14 heteroatoms. The largest absolute Gasteiger partial charge is 0.477 e. The van der Waals surface area contributed by atoms with E-state index in [2.05, 4.69) is 10.6 Å². The maximum Gasteiger partial charge on any atom is 0.408 e. The highest BCUT2D eigenvalue weighted by molar-refractivity contribution is 5.87. The molecule has 0 fully saturated rings. The summed E-state index contributed by atoms with van der Waals surface area (Å²) in [6, 6.07) is -2.35. The highest BCUT2D eigenvalue weighted by Gasteiger charge is 2.48. The van der Waals surface area contributed by atoms with Gasteiger partial charge < -0.3 is 39.1 Å². The molecule has 37 heavy (non-hydrogen) atoms. The molecule has 0 radical (unpaired) electrons. The van der Waals surface area contributed by atoms with E-state index in [4.69, 9.17) is 28.4 Å². The van der Waals surface area contributed by atoms with Gasteiger partial charge in [-0.1, -0.05) is 0 Å². The van der Waals surface area contributed by atoms with Gasteiger partial charge in [0, 0.05) is 27.7 Å². The van der Waals surface area contributed by atoms with Gasteiger partial charge in [-0.25, -0.2) is 9.59 Å². The van der Waals surface area contributed by atoms with Crippen LogP contribution in [0.1, 0.15) is 48.5 Å².